The number of hydrogen-bond acceptors (Lipinski definition) is 7. The number of aliphatic carboxylic acids is 1. The van der Waals surface area contributed by atoms with Crippen LogP contribution in [0, 0.1) is 11.3 Å². The van der Waals surface area contributed by atoms with Gasteiger partial charge in [0.25, 0.3) is 5.89 Å². The number of halogens is 2. The Labute approximate surface area is 203 Å². The Balaban J connectivity index is 0.00000385. The van der Waals surface area contributed by atoms with E-state index < -0.39 is 5.97 Å². The molecule has 1 aromatic heterocycles. The smallest absolute Gasteiger partial charge is 0.304 e. The molecule has 1 N–H and O–H groups in total. The van der Waals surface area contributed by atoms with Crippen molar-refractivity contribution in [2.45, 2.75) is 32.9 Å². The molecule has 0 radical (unpaired) electrons. The van der Waals surface area contributed by atoms with Gasteiger partial charge in [0.2, 0.25) is 5.82 Å². The van der Waals surface area contributed by atoms with Crippen molar-refractivity contribution < 1.29 is 19.2 Å². The second-order valence-electron chi connectivity index (χ2n) is 7.61. The maximum Gasteiger partial charge on any atom is 0.304 e. The van der Waals surface area contributed by atoms with Crippen LogP contribution in [0.3, 0.4) is 0 Å². The van der Waals surface area contributed by atoms with Crippen molar-refractivity contribution in [1.82, 2.24) is 15.0 Å². The van der Waals surface area contributed by atoms with E-state index in [1.807, 2.05) is 31.9 Å². The fraction of sp³-hybridized carbons (Fsp3) is 0.304. The lowest BCUT2D eigenvalue weighted by Gasteiger charge is -2.15. The van der Waals surface area contributed by atoms with Crippen LogP contribution >= 0.6 is 24.0 Å². The topological polar surface area (TPSA) is 112 Å². The highest BCUT2D eigenvalue weighted by Gasteiger charge is 2.16. The number of nitriles is 1. The third-order valence-electron chi connectivity index (χ3n) is 4.57. The molecule has 10 heteroatoms. The molecule has 0 aliphatic rings. The lowest BCUT2D eigenvalue weighted by molar-refractivity contribution is -0.137. The van der Waals surface area contributed by atoms with Gasteiger partial charge >= 0.3 is 5.97 Å². The normalized spacial score (nSPS) is 10.7. The molecule has 0 saturated heterocycles. The summed E-state index contributed by atoms with van der Waals surface area (Å²) in [5, 5.41) is 22.7. The third-order valence-corrected chi connectivity index (χ3v) is 4.88. The van der Waals surface area contributed by atoms with E-state index >= 15 is 0 Å². The standard InChI is InChI=1S/C23H23ClN4O4.ClH/c1-14(2)31-20-7-5-16(11-17(20)12-25)23-26-22(27-32-23)18-6-4-15(10-19(18)24)13-28(3)9-8-21(29)30;/h4-7,10-11,14H,8-9,13H2,1-3H3,(H,29,30);1H. The number of benzene rings is 2. The van der Waals surface area contributed by atoms with Crippen molar-refractivity contribution >= 4 is 30.0 Å². The van der Waals surface area contributed by atoms with Gasteiger partial charge in [0, 0.05) is 24.2 Å². The van der Waals surface area contributed by atoms with Crippen LogP contribution in [0.15, 0.2) is 40.9 Å². The minimum Gasteiger partial charge on any atom is -0.490 e. The van der Waals surface area contributed by atoms with E-state index in [1.165, 1.54) is 0 Å². The van der Waals surface area contributed by atoms with Gasteiger partial charge in [0.05, 0.1) is 23.1 Å². The van der Waals surface area contributed by atoms with Crippen molar-refractivity contribution in [3.8, 4) is 34.7 Å². The summed E-state index contributed by atoms with van der Waals surface area (Å²) in [6, 6.07) is 12.7. The first-order chi connectivity index (χ1) is 15.3. The zero-order valence-electron chi connectivity index (χ0n) is 18.4. The molecule has 0 aliphatic carbocycles. The predicted molar refractivity (Wildman–Crippen MR) is 126 cm³/mol. The summed E-state index contributed by atoms with van der Waals surface area (Å²) >= 11 is 6.45. The van der Waals surface area contributed by atoms with Crippen LogP contribution in [0.5, 0.6) is 5.75 Å². The molecular weight excluding hydrogens is 467 g/mol. The number of carboxylic acids is 1. The average Bonchev–Trinajstić information content (AvgIpc) is 3.22. The number of hydrogen-bond donors (Lipinski definition) is 1. The van der Waals surface area contributed by atoms with E-state index in [-0.39, 0.29) is 30.8 Å². The van der Waals surface area contributed by atoms with Crippen LogP contribution in [0.1, 0.15) is 31.4 Å². The molecule has 3 rings (SSSR count). The molecular formula is C23H24Cl2N4O4. The molecule has 33 heavy (non-hydrogen) atoms. The second kappa shape index (κ2) is 11.7. The van der Waals surface area contributed by atoms with E-state index in [4.69, 9.17) is 26.0 Å². The minimum absolute atomic E-state index is 0. The van der Waals surface area contributed by atoms with Crippen LogP contribution < -0.4 is 4.74 Å². The Morgan fingerprint density at radius 3 is 2.70 bits per heavy atom. The van der Waals surface area contributed by atoms with Gasteiger partial charge in [-0.2, -0.15) is 10.2 Å². The minimum atomic E-state index is -0.831. The Hall–Kier alpha value is -3.12. The summed E-state index contributed by atoms with van der Waals surface area (Å²) in [6.45, 7) is 4.78. The lowest BCUT2D eigenvalue weighted by Crippen LogP contribution is -2.21. The third kappa shape index (κ3) is 6.93. The van der Waals surface area contributed by atoms with Crippen molar-refractivity contribution in [1.29, 1.82) is 5.26 Å². The largest absolute Gasteiger partial charge is 0.490 e. The highest BCUT2D eigenvalue weighted by molar-refractivity contribution is 6.33. The molecule has 0 aliphatic heterocycles. The van der Waals surface area contributed by atoms with E-state index in [0.717, 1.165) is 5.56 Å². The second-order valence-corrected chi connectivity index (χ2v) is 8.02. The first-order valence-corrected chi connectivity index (χ1v) is 10.4. The molecule has 0 atom stereocenters. The van der Waals surface area contributed by atoms with Gasteiger partial charge in [0.15, 0.2) is 0 Å². The van der Waals surface area contributed by atoms with Gasteiger partial charge in [-0.25, -0.2) is 0 Å². The monoisotopic (exact) mass is 490 g/mol. The van der Waals surface area contributed by atoms with E-state index in [2.05, 4.69) is 16.2 Å². The molecule has 0 spiro atoms. The number of rotatable bonds is 9. The first-order valence-electron chi connectivity index (χ1n) is 10.0. The Kier molecular flexibility index (Phi) is 9.23. The maximum absolute atomic E-state index is 10.7. The fourth-order valence-electron chi connectivity index (χ4n) is 3.07. The first kappa shape index (κ1) is 26.1. The molecule has 0 bridgehead atoms. The molecule has 0 unspecified atom stereocenters. The van der Waals surface area contributed by atoms with E-state index in [9.17, 15) is 10.1 Å². The SMILES string of the molecule is CC(C)Oc1ccc(-c2nc(-c3ccc(CN(C)CCC(=O)O)cc3Cl)no2)cc1C#N.Cl. The number of carboxylic acid groups (broad SMARTS) is 1. The van der Waals surface area contributed by atoms with Gasteiger partial charge in [-0.05, 0) is 56.8 Å². The number of nitrogens with zero attached hydrogens (tertiary/aromatic N) is 4. The van der Waals surface area contributed by atoms with Gasteiger partial charge in [0.1, 0.15) is 11.8 Å². The maximum atomic E-state index is 10.7. The molecule has 1 heterocycles. The Bertz CT molecular complexity index is 1160. The highest BCUT2D eigenvalue weighted by Crippen LogP contribution is 2.31. The van der Waals surface area contributed by atoms with Crippen LogP contribution in [-0.2, 0) is 11.3 Å². The molecule has 0 amide bonds. The Morgan fingerprint density at radius 2 is 2.06 bits per heavy atom. The summed E-state index contributed by atoms with van der Waals surface area (Å²) in [5.74, 6) is 0.262. The van der Waals surface area contributed by atoms with Gasteiger partial charge in [-0.3, -0.25) is 4.79 Å². The molecule has 0 fully saturated rings. The van der Waals surface area contributed by atoms with Crippen LogP contribution in [0.2, 0.25) is 5.02 Å². The molecule has 8 nitrogen and oxygen atoms in total. The van der Waals surface area contributed by atoms with E-state index in [1.54, 1.807) is 30.3 Å². The zero-order valence-corrected chi connectivity index (χ0v) is 20.0. The number of aromatic nitrogens is 2. The zero-order chi connectivity index (χ0) is 23.3. The molecule has 0 saturated carbocycles. The molecule has 174 valence electrons. The summed E-state index contributed by atoms with van der Waals surface area (Å²) < 4.78 is 11.0. The fourth-order valence-corrected chi connectivity index (χ4v) is 3.36. The van der Waals surface area contributed by atoms with Crippen molar-refractivity contribution in [3.05, 3.63) is 52.5 Å². The average molecular weight is 491 g/mol. The quantitative estimate of drug-likeness (QED) is 0.443. The van der Waals surface area contributed by atoms with Crippen LogP contribution in [-0.4, -0.2) is 45.8 Å². The van der Waals surface area contributed by atoms with Gasteiger partial charge in [-0.1, -0.05) is 22.8 Å². The summed E-state index contributed by atoms with van der Waals surface area (Å²) in [6.07, 6.45) is 0.0245. The van der Waals surface area contributed by atoms with Crippen molar-refractivity contribution in [2.75, 3.05) is 13.6 Å². The Morgan fingerprint density at radius 1 is 1.30 bits per heavy atom. The van der Waals surface area contributed by atoms with Crippen molar-refractivity contribution in [3.63, 3.8) is 0 Å². The highest BCUT2D eigenvalue weighted by atomic mass is 35.5. The van der Waals surface area contributed by atoms with Crippen LogP contribution in [0.4, 0.5) is 0 Å². The number of carbonyl (C=O) groups is 1. The van der Waals surface area contributed by atoms with Crippen molar-refractivity contribution in [2.24, 2.45) is 0 Å². The lowest BCUT2D eigenvalue weighted by atomic mass is 10.1. The number of ether oxygens (including phenoxy) is 1. The molecule has 3 aromatic rings. The van der Waals surface area contributed by atoms with Crippen LogP contribution in [0.25, 0.3) is 22.8 Å². The van der Waals surface area contributed by atoms with E-state index in [0.29, 0.717) is 46.4 Å². The summed E-state index contributed by atoms with van der Waals surface area (Å²) in [5.41, 5.74) is 2.53. The summed E-state index contributed by atoms with van der Waals surface area (Å²) in [4.78, 5) is 17.1. The van der Waals surface area contributed by atoms with Gasteiger partial charge in [-0.15, -0.1) is 12.4 Å². The summed E-state index contributed by atoms with van der Waals surface area (Å²) in [7, 11) is 1.85. The van der Waals surface area contributed by atoms with Gasteiger partial charge < -0.3 is 19.3 Å². The predicted octanol–water partition coefficient (Wildman–Crippen LogP) is 5.04. The molecule has 2 aromatic carbocycles.